The Hall–Kier alpha value is -3.06. The number of fused-ring (bicyclic) bond motifs is 1. The normalized spacial score (nSPS) is 21.9. The summed E-state index contributed by atoms with van der Waals surface area (Å²) in [7, 11) is -0.499. The summed E-state index contributed by atoms with van der Waals surface area (Å²) in [6, 6.07) is 18.4. The molecule has 0 spiro atoms. The van der Waals surface area contributed by atoms with Gasteiger partial charge in [-0.2, -0.15) is 10.1 Å². The minimum atomic E-state index is -0.499. The maximum atomic E-state index is 12.8. The third-order valence-electron chi connectivity index (χ3n) is 5.68. The van der Waals surface area contributed by atoms with Crippen LogP contribution in [-0.2, 0) is 4.79 Å². The van der Waals surface area contributed by atoms with Crippen molar-refractivity contribution in [3.8, 4) is 0 Å². The summed E-state index contributed by atoms with van der Waals surface area (Å²) in [4.78, 5) is 21.7. The highest BCUT2D eigenvalue weighted by Crippen LogP contribution is 2.43. The van der Waals surface area contributed by atoms with Crippen molar-refractivity contribution in [1.29, 1.82) is 0 Å². The fourth-order valence-corrected chi connectivity index (χ4v) is 5.74. The van der Waals surface area contributed by atoms with Crippen molar-refractivity contribution in [2.75, 3.05) is 31.1 Å². The number of carbonyl (C=O) groups is 1. The summed E-state index contributed by atoms with van der Waals surface area (Å²) < 4.78 is 0. The Labute approximate surface area is 178 Å². The molecule has 5 rings (SSSR count). The van der Waals surface area contributed by atoms with Gasteiger partial charge in [0.15, 0.2) is 11.0 Å². The first-order valence-electron chi connectivity index (χ1n) is 10.0. The second kappa shape index (κ2) is 7.65. The average Bonchev–Trinajstić information content (AvgIpc) is 3.08. The van der Waals surface area contributed by atoms with Crippen LogP contribution < -0.4 is 4.90 Å². The maximum absolute atomic E-state index is 12.8. The Morgan fingerprint density at radius 1 is 0.933 bits per heavy atom. The predicted octanol–water partition coefficient (Wildman–Crippen LogP) is 3.40. The lowest BCUT2D eigenvalue weighted by Crippen LogP contribution is -2.48. The summed E-state index contributed by atoms with van der Waals surface area (Å²) in [5.74, 6) is 5.19. The molecule has 3 heterocycles. The molecule has 2 aliphatic rings. The summed E-state index contributed by atoms with van der Waals surface area (Å²) in [6.45, 7) is 5.17. The zero-order valence-electron chi connectivity index (χ0n) is 16.9. The number of nitrogens with zero attached hydrogens (tertiary/aromatic N) is 5. The third-order valence-corrected chi connectivity index (χ3v) is 7.54. The number of aromatic nitrogens is 2. The van der Waals surface area contributed by atoms with E-state index in [4.69, 9.17) is 0 Å². The van der Waals surface area contributed by atoms with Crippen LogP contribution in [0.5, 0.6) is 0 Å². The molecule has 152 valence electrons. The molecule has 0 aliphatic carbocycles. The molecule has 0 N–H and O–H groups in total. The molecule has 2 aromatic carbocycles. The first-order chi connectivity index (χ1) is 14.6. The molecule has 0 radical (unpaired) electrons. The van der Waals surface area contributed by atoms with Gasteiger partial charge in [-0.15, -0.1) is 15.6 Å². The molecule has 1 aromatic heterocycles. The van der Waals surface area contributed by atoms with Crippen LogP contribution in [-0.4, -0.2) is 58.2 Å². The number of piperazine rings is 1. The fraction of sp³-hybridized carbons (Fsp3) is 0.261. The standard InChI is InChI=1S/C23H23N5OS/c1-16-7-10-20(26-25-16)27-11-13-28(14-12-27)23-24-22(29)21(30(23)2)19-9-8-17-5-3-4-6-18(17)15-19/h3-10,15,21H,2,11-14H2,1H3. The summed E-state index contributed by atoms with van der Waals surface area (Å²) in [5.41, 5.74) is 1.92. The van der Waals surface area contributed by atoms with E-state index >= 15 is 0 Å². The molecule has 1 fully saturated rings. The minimum absolute atomic E-state index is 0.0783. The molecule has 2 unspecified atom stereocenters. The van der Waals surface area contributed by atoms with E-state index in [0.29, 0.717) is 0 Å². The van der Waals surface area contributed by atoms with Gasteiger partial charge in [0.25, 0.3) is 5.91 Å². The number of benzene rings is 2. The highest BCUT2D eigenvalue weighted by Gasteiger charge is 2.35. The molecule has 0 saturated carbocycles. The molecule has 2 atom stereocenters. The van der Waals surface area contributed by atoms with E-state index < -0.39 is 10.5 Å². The van der Waals surface area contributed by atoms with E-state index in [-0.39, 0.29) is 11.2 Å². The van der Waals surface area contributed by atoms with E-state index in [1.807, 2.05) is 37.3 Å². The van der Waals surface area contributed by atoms with Gasteiger partial charge in [0.1, 0.15) is 5.25 Å². The van der Waals surface area contributed by atoms with Crippen LogP contribution in [0.2, 0.25) is 0 Å². The van der Waals surface area contributed by atoms with E-state index in [2.05, 4.69) is 55.1 Å². The molecule has 3 aromatic rings. The Kier molecular flexibility index (Phi) is 4.83. The number of amides is 1. The maximum Gasteiger partial charge on any atom is 0.265 e. The second-order valence-corrected chi connectivity index (χ2v) is 9.35. The third kappa shape index (κ3) is 3.39. The zero-order chi connectivity index (χ0) is 20.7. The highest BCUT2D eigenvalue weighted by atomic mass is 32.2. The number of hydrogen-bond acceptors (Lipinski definition) is 5. The second-order valence-electron chi connectivity index (χ2n) is 7.66. The molecule has 2 aliphatic heterocycles. The molecule has 30 heavy (non-hydrogen) atoms. The van der Waals surface area contributed by atoms with E-state index in [9.17, 15) is 4.79 Å². The van der Waals surface area contributed by atoms with Gasteiger partial charge in [-0.1, -0.05) is 42.3 Å². The van der Waals surface area contributed by atoms with Crippen LogP contribution in [0, 0.1) is 6.92 Å². The van der Waals surface area contributed by atoms with Gasteiger partial charge in [0.05, 0.1) is 5.69 Å². The van der Waals surface area contributed by atoms with Gasteiger partial charge >= 0.3 is 0 Å². The van der Waals surface area contributed by atoms with Crippen molar-refractivity contribution >= 4 is 44.0 Å². The fourth-order valence-electron chi connectivity index (χ4n) is 4.04. The quantitative estimate of drug-likeness (QED) is 0.598. The number of hydrogen-bond donors (Lipinski definition) is 0. The van der Waals surface area contributed by atoms with Gasteiger partial charge < -0.3 is 9.80 Å². The highest BCUT2D eigenvalue weighted by molar-refractivity contribution is 8.28. The van der Waals surface area contributed by atoms with Gasteiger partial charge in [0.2, 0.25) is 0 Å². The number of rotatable bonds is 2. The summed E-state index contributed by atoms with van der Waals surface area (Å²) in [5, 5.41) is 11.3. The number of anilines is 1. The summed E-state index contributed by atoms with van der Waals surface area (Å²) >= 11 is 0. The average molecular weight is 418 g/mol. The van der Waals surface area contributed by atoms with Gasteiger partial charge in [0, 0.05) is 26.2 Å². The van der Waals surface area contributed by atoms with Crippen molar-refractivity contribution in [3.05, 3.63) is 65.9 Å². The number of amidine groups is 1. The van der Waals surface area contributed by atoms with Crippen LogP contribution >= 0.6 is 10.5 Å². The molecule has 1 saturated heterocycles. The molecular formula is C23H23N5OS. The van der Waals surface area contributed by atoms with Crippen LogP contribution in [0.25, 0.3) is 10.8 Å². The van der Waals surface area contributed by atoms with Crippen LogP contribution in [0.4, 0.5) is 5.82 Å². The van der Waals surface area contributed by atoms with Crippen molar-refractivity contribution in [2.45, 2.75) is 12.2 Å². The Balaban J connectivity index is 1.31. The van der Waals surface area contributed by atoms with Crippen molar-refractivity contribution < 1.29 is 4.79 Å². The topological polar surface area (TPSA) is 61.7 Å². The first-order valence-corrected chi connectivity index (χ1v) is 11.5. The Morgan fingerprint density at radius 2 is 1.67 bits per heavy atom. The Morgan fingerprint density at radius 3 is 2.40 bits per heavy atom. The molecule has 0 bridgehead atoms. The number of aryl methyl sites for hydroxylation is 1. The zero-order valence-corrected chi connectivity index (χ0v) is 17.7. The van der Waals surface area contributed by atoms with Gasteiger partial charge in [-0.25, -0.2) is 0 Å². The lowest BCUT2D eigenvalue weighted by Gasteiger charge is -2.36. The largest absolute Gasteiger partial charge is 0.352 e. The molecular weight excluding hydrogens is 394 g/mol. The number of aliphatic imine (C=N–C) groups is 1. The lowest BCUT2D eigenvalue weighted by atomic mass is 10.0. The number of carbonyl (C=O) groups excluding carboxylic acids is 1. The van der Waals surface area contributed by atoms with E-state index in [1.54, 1.807) is 0 Å². The van der Waals surface area contributed by atoms with Gasteiger partial charge in [-0.3, -0.25) is 4.79 Å². The van der Waals surface area contributed by atoms with E-state index in [1.165, 1.54) is 5.39 Å². The first kappa shape index (κ1) is 18.9. The monoisotopic (exact) mass is 417 g/mol. The van der Waals surface area contributed by atoms with Crippen LogP contribution in [0.15, 0.2) is 59.6 Å². The van der Waals surface area contributed by atoms with Crippen LogP contribution in [0.3, 0.4) is 0 Å². The molecule has 6 nitrogen and oxygen atoms in total. The van der Waals surface area contributed by atoms with Crippen LogP contribution in [0.1, 0.15) is 16.5 Å². The summed E-state index contributed by atoms with van der Waals surface area (Å²) in [6.07, 6.45) is 0. The Bertz CT molecular complexity index is 1170. The molecule has 1 amide bonds. The lowest BCUT2D eigenvalue weighted by molar-refractivity contribution is -0.117. The van der Waals surface area contributed by atoms with Crippen molar-refractivity contribution in [1.82, 2.24) is 15.1 Å². The van der Waals surface area contributed by atoms with Crippen molar-refractivity contribution in [2.24, 2.45) is 4.99 Å². The SMILES string of the molecule is C=S1C(N2CCN(c3ccc(C)nn3)CC2)=NC(=O)C1c1ccc2ccccc2c1. The predicted molar refractivity (Wildman–Crippen MR) is 124 cm³/mol. The van der Waals surface area contributed by atoms with E-state index in [0.717, 1.165) is 53.8 Å². The minimum Gasteiger partial charge on any atom is -0.352 e. The molecule has 7 heteroatoms. The van der Waals surface area contributed by atoms with Gasteiger partial charge in [-0.05, 0) is 41.5 Å². The van der Waals surface area contributed by atoms with Crippen molar-refractivity contribution in [3.63, 3.8) is 0 Å². The smallest absolute Gasteiger partial charge is 0.265 e.